The molecule has 0 bridgehead atoms. The maximum absolute atomic E-state index is 12.1. The molecule has 3 rings (SSSR count). The molecule has 1 amide bonds. The largest absolute Gasteiger partial charge is 0.484 e. The van der Waals surface area contributed by atoms with Crippen LogP contribution in [0.1, 0.15) is 5.56 Å². The number of amides is 1. The maximum atomic E-state index is 12.1. The first kappa shape index (κ1) is 19.8. The highest BCUT2D eigenvalue weighted by Crippen LogP contribution is 2.24. The Bertz CT molecular complexity index is 958. The lowest BCUT2D eigenvalue weighted by atomic mass is 10.2. The summed E-state index contributed by atoms with van der Waals surface area (Å²) < 4.78 is 6.96. The molecular formula is C18H13Cl4N3O2. The van der Waals surface area contributed by atoms with Gasteiger partial charge in [0.1, 0.15) is 10.8 Å². The highest BCUT2D eigenvalue weighted by Gasteiger charge is 2.12. The van der Waals surface area contributed by atoms with Gasteiger partial charge in [0.05, 0.1) is 6.54 Å². The summed E-state index contributed by atoms with van der Waals surface area (Å²) in [6, 6.07) is 11.9. The molecule has 1 aromatic heterocycles. The number of carbonyl (C=O) groups excluding carboxylic acids is 1. The Labute approximate surface area is 175 Å². The van der Waals surface area contributed by atoms with Gasteiger partial charge >= 0.3 is 0 Å². The van der Waals surface area contributed by atoms with Crippen LogP contribution in [0.3, 0.4) is 0 Å². The van der Waals surface area contributed by atoms with Crippen molar-refractivity contribution in [3.63, 3.8) is 0 Å². The summed E-state index contributed by atoms with van der Waals surface area (Å²) in [4.78, 5) is 12.1. The number of rotatable bonds is 6. The summed E-state index contributed by atoms with van der Waals surface area (Å²) in [5.74, 6) is 0.386. The summed E-state index contributed by atoms with van der Waals surface area (Å²) in [7, 11) is 0. The van der Waals surface area contributed by atoms with Crippen LogP contribution in [-0.2, 0) is 11.3 Å². The molecule has 0 fully saturated rings. The van der Waals surface area contributed by atoms with Crippen molar-refractivity contribution in [2.24, 2.45) is 0 Å². The Morgan fingerprint density at radius 3 is 2.41 bits per heavy atom. The number of hydrogen-bond donors (Lipinski definition) is 1. The third kappa shape index (κ3) is 5.53. The van der Waals surface area contributed by atoms with Crippen LogP contribution in [0.15, 0.2) is 48.7 Å². The van der Waals surface area contributed by atoms with Crippen LogP contribution >= 0.6 is 46.4 Å². The first-order valence-corrected chi connectivity index (χ1v) is 9.27. The molecule has 0 radical (unpaired) electrons. The van der Waals surface area contributed by atoms with Crippen LogP contribution in [0, 0.1) is 0 Å². The molecule has 0 aliphatic rings. The van der Waals surface area contributed by atoms with Crippen molar-refractivity contribution >= 4 is 58.1 Å². The number of ether oxygens (including phenoxy) is 1. The Morgan fingerprint density at radius 1 is 1.00 bits per heavy atom. The van der Waals surface area contributed by atoms with Crippen LogP contribution in [-0.4, -0.2) is 22.3 Å². The van der Waals surface area contributed by atoms with Crippen LogP contribution in [0.25, 0.3) is 0 Å². The fourth-order valence-corrected chi connectivity index (χ4v) is 3.03. The van der Waals surface area contributed by atoms with E-state index in [0.717, 1.165) is 5.56 Å². The summed E-state index contributed by atoms with van der Waals surface area (Å²) in [5, 5.41) is 8.85. The summed E-state index contributed by atoms with van der Waals surface area (Å²) >= 11 is 24.0. The molecule has 1 N–H and O–H groups in total. The number of halogens is 4. The highest BCUT2D eigenvalue weighted by molar-refractivity contribution is 6.35. The van der Waals surface area contributed by atoms with Gasteiger partial charge in [0, 0.05) is 21.3 Å². The predicted molar refractivity (Wildman–Crippen MR) is 108 cm³/mol. The van der Waals surface area contributed by atoms with Gasteiger partial charge in [-0.05, 0) is 42.0 Å². The van der Waals surface area contributed by atoms with Crippen LogP contribution < -0.4 is 10.1 Å². The number of nitrogens with zero attached hydrogens (tertiary/aromatic N) is 2. The van der Waals surface area contributed by atoms with E-state index in [1.807, 2.05) is 0 Å². The fourth-order valence-electron chi connectivity index (χ4n) is 2.24. The van der Waals surface area contributed by atoms with Crippen molar-refractivity contribution in [1.82, 2.24) is 9.78 Å². The minimum absolute atomic E-state index is 0.187. The average molecular weight is 445 g/mol. The minimum atomic E-state index is -0.387. The van der Waals surface area contributed by atoms with E-state index < -0.39 is 0 Å². The van der Waals surface area contributed by atoms with Gasteiger partial charge in [-0.1, -0.05) is 52.5 Å². The predicted octanol–water partition coefficient (Wildman–Crippen LogP) is 5.56. The van der Waals surface area contributed by atoms with Gasteiger partial charge < -0.3 is 10.1 Å². The van der Waals surface area contributed by atoms with Gasteiger partial charge in [-0.25, -0.2) is 0 Å². The number of benzene rings is 2. The number of nitrogens with one attached hydrogen (secondary N) is 1. The zero-order valence-corrected chi connectivity index (χ0v) is 16.8. The zero-order valence-electron chi connectivity index (χ0n) is 13.8. The Hall–Kier alpha value is -1.92. The quantitative estimate of drug-likeness (QED) is 0.541. The van der Waals surface area contributed by atoms with Crippen molar-refractivity contribution < 1.29 is 9.53 Å². The lowest BCUT2D eigenvalue weighted by Crippen LogP contribution is -2.20. The Balaban J connectivity index is 1.60. The molecule has 0 unspecified atom stereocenters. The normalized spacial score (nSPS) is 10.7. The van der Waals surface area contributed by atoms with Crippen LogP contribution in [0.4, 0.5) is 5.82 Å². The third-order valence-corrected chi connectivity index (χ3v) is 4.62. The van der Waals surface area contributed by atoms with E-state index in [-0.39, 0.29) is 18.3 Å². The van der Waals surface area contributed by atoms with Gasteiger partial charge in [0.25, 0.3) is 5.91 Å². The SMILES string of the molecule is O=C(COc1ccc(Cl)cc1)Nc1nn(Cc2ccc(Cl)cc2Cl)cc1Cl. The maximum Gasteiger partial charge on any atom is 0.263 e. The molecule has 27 heavy (non-hydrogen) atoms. The van der Waals surface area contributed by atoms with Crippen molar-refractivity contribution in [1.29, 1.82) is 0 Å². The molecule has 0 atom stereocenters. The number of carbonyl (C=O) groups is 1. The van der Waals surface area contributed by atoms with E-state index in [1.54, 1.807) is 53.3 Å². The van der Waals surface area contributed by atoms with Gasteiger partial charge in [-0.3, -0.25) is 9.48 Å². The topological polar surface area (TPSA) is 56.1 Å². The second kappa shape index (κ2) is 8.85. The molecule has 0 aliphatic heterocycles. The van der Waals surface area contributed by atoms with Gasteiger partial charge in [0.2, 0.25) is 0 Å². The summed E-state index contributed by atoms with van der Waals surface area (Å²) in [6.07, 6.45) is 1.60. The van der Waals surface area contributed by atoms with Crippen molar-refractivity contribution in [2.45, 2.75) is 6.54 Å². The molecule has 1 heterocycles. The summed E-state index contributed by atoms with van der Waals surface area (Å²) in [6.45, 7) is 0.195. The average Bonchev–Trinajstić information content (AvgIpc) is 2.96. The fraction of sp³-hybridized carbons (Fsp3) is 0.111. The van der Waals surface area contributed by atoms with Crippen molar-refractivity contribution in [3.05, 3.63) is 74.3 Å². The monoisotopic (exact) mass is 443 g/mol. The van der Waals surface area contributed by atoms with E-state index in [1.165, 1.54) is 0 Å². The Morgan fingerprint density at radius 2 is 1.70 bits per heavy atom. The molecule has 2 aromatic carbocycles. The molecule has 140 valence electrons. The first-order valence-electron chi connectivity index (χ1n) is 7.76. The number of anilines is 1. The van der Waals surface area contributed by atoms with Crippen LogP contribution in [0.2, 0.25) is 20.1 Å². The van der Waals surface area contributed by atoms with Crippen molar-refractivity contribution in [3.8, 4) is 5.75 Å². The smallest absolute Gasteiger partial charge is 0.263 e. The number of aromatic nitrogens is 2. The lowest BCUT2D eigenvalue weighted by molar-refractivity contribution is -0.118. The molecule has 3 aromatic rings. The van der Waals surface area contributed by atoms with Crippen molar-refractivity contribution in [2.75, 3.05) is 11.9 Å². The second-order valence-corrected chi connectivity index (χ2v) is 7.24. The molecular weight excluding hydrogens is 432 g/mol. The van der Waals surface area contributed by atoms with E-state index in [0.29, 0.717) is 32.4 Å². The molecule has 9 heteroatoms. The highest BCUT2D eigenvalue weighted by atomic mass is 35.5. The van der Waals surface area contributed by atoms with Crippen LogP contribution in [0.5, 0.6) is 5.75 Å². The first-order chi connectivity index (χ1) is 12.9. The van der Waals surface area contributed by atoms with E-state index in [4.69, 9.17) is 51.1 Å². The van der Waals surface area contributed by atoms with E-state index in [2.05, 4.69) is 10.4 Å². The van der Waals surface area contributed by atoms with Gasteiger partial charge in [-0.2, -0.15) is 5.10 Å². The van der Waals surface area contributed by atoms with Gasteiger partial charge in [0.15, 0.2) is 12.4 Å². The molecule has 0 saturated carbocycles. The summed E-state index contributed by atoms with van der Waals surface area (Å²) in [5.41, 5.74) is 0.823. The Kier molecular flexibility index (Phi) is 6.50. The molecule has 0 saturated heterocycles. The zero-order chi connectivity index (χ0) is 19.4. The lowest BCUT2D eigenvalue weighted by Gasteiger charge is -2.07. The number of hydrogen-bond acceptors (Lipinski definition) is 3. The second-order valence-electron chi connectivity index (χ2n) is 5.55. The minimum Gasteiger partial charge on any atom is -0.484 e. The molecule has 5 nitrogen and oxygen atoms in total. The van der Waals surface area contributed by atoms with E-state index >= 15 is 0 Å². The van der Waals surface area contributed by atoms with E-state index in [9.17, 15) is 4.79 Å². The molecule has 0 aliphatic carbocycles. The van der Waals surface area contributed by atoms with Gasteiger partial charge in [-0.15, -0.1) is 0 Å². The standard InChI is InChI=1S/C18H13Cl4N3O2/c19-12-3-5-14(6-4-12)27-10-17(26)23-18-16(22)9-25(24-18)8-11-1-2-13(20)7-15(11)21/h1-7,9H,8,10H2,(H,23,24,26). The molecule has 0 spiro atoms. The third-order valence-electron chi connectivity index (χ3n) is 3.51.